The third kappa shape index (κ3) is 2.96. The number of ether oxygens (including phenoxy) is 2. The van der Waals surface area contributed by atoms with E-state index in [2.05, 4.69) is 0 Å². The van der Waals surface area contributed by atoms with Crippen molar-refractivity contribution in [1.29, 1.82) is 0 Å². The Kier molecular flexibility index (Phi) is 4.34. The van der Waals surface area contributed by atoms with E-state index < -0.39 is 11.0 Å². The van der Waals surface area contributed by atoms with Gasteiger partial charge in [0.15, 0.2) is 11.9 Å². The summed E-state index contributed by atoms with van der Waals surface area (Å²) in [7, 11) is 0. The third-order valence-corrected chi connectivity index (χ3v) is 3.21. The van der Waals surface area contributed by atoms with E-state index in [1.807, 2.05) is 6.92 Å². The number of nitrogens with zero attached hydrogens (tertiary/aromatic N) is 1. The number of benzene rings is 1. The highest BCUT2D eigenvalue weighted by molar-refractivity contribution is 5.90. The minimum atomic E-state index is -0.510. The van der Waals surface area contributed by atoms with Gasteiger partial charge < -0.3 is 9.47 Å². The number of nitro groups is 1. The number of carbonyl (C=O) groups excluding carboxylic acids is 1. The number of ketones is 1. The molecular weight excluding hydrogens is 262 g/mol. The molecule has 1 aliphatic rings. The van der Waals surface area contributed by atoms with Crippen molar-refractivity contribution in [3.8, 4) is 5.75 Å². The minimum absolute atomic E-state index is 0.0262. The van der Waals surface area contributed by atoms with E-state index in [4.69, 9.17) is 9.47 Å². The molecule has 20 heavy (non-hydrogen) atoms. The number of carbonyl (C=O) groups is 1. The van der Waals surface area contributed by atoms with Crippen LogP contribution < -0.4 is 4.74 Å². The molecule has 0 aromatic heterocycles. The van der Waals surface area contributed by atoms with E-state index in [9.17, 15) is 14.9 Å². The molecule has 0 spiro atoms. The fraction of sp³-hybridized carbons (Fsp3) is 0.500. The summed E-state index contributed by atoms with van der Waals surface area (Å²) in [5.41, 5.74) is 0.700. The van der Waals surface area contributed by atoms with Crippen LogP contribution in [0.25, 0.3) is 0 Å². The van der Waals surface area contributed by atoms with E-state index in [0.717, 1.165) is 6.42 Å². The molecule has 2 unspecified atom stereocenters. The Morgan fingerprint density at radius 3 is 2.75 bits per heavy atom. The highest BCUT2D eigenvalue weighted by atomic mass is 16.6. The normalized spacial score (nSPS) is 21.4. The highest BCUT2D eigenvalue weighted by Gasteiger charge is 2.42. The Hall–Kier alpha value is -1.95. The van der Waals surface area contributed by atoms with Crippen LogP contribution in [0.1, 0.15) is 25.3 Å². The van der Waals surface area contributed by atoms with Crippen molar-refractivity contribution in [2.75, 3.05) is 6.61 Å². The van der Waals surface area contributed by atoms with Crippen molar-refractivity contribution in [3.05, 3.63) is 33.9 Å². The average molecular weight is 279 g/mol. The molecule has 6 nitrogen and oxygen atoms in total. The summed E-state index contributed by atoms with van der Waals surface area (Å²) >= 11 is 0. The van der Waals surface area contributed by atoms with Crippen LogP contribution in [0.5, 0.6) is 5.75 Å². The van der Waals surface area contributed by atoms with Crippen LogP contribution in [0.15, 0.2) is 18.2 Å². The van der Waals surface area contributed by atoms with E-state index in [1.165, 1.54) is 12.1 Å². The monoisotopic (exact) mass is 279 g/mol. The molecular formula is C14H17NO5. The molecule has 0 radical (unpaired) electrons. The van der Waals surface area contributed by atoms with Gasteiger partial charge >= 0.3 is 0 Å². The summed E-state index contributed by atoms with van der Waals surface area (Å²) in [5.74, 6) is 0.598. The Bertz CT molecular complexity index is 528. The lowest BCUT2D eigenvalue weighted by molar-refractivity contribution is -0.384. The second-order valence-corrected chi connectivity index (χ2v) is 4.83. The molecule has 1 aromatic carbocycles. The van der Waals surface area contributed by atoms with Gasteiger partial charge in [0.05, 0.1) is 4.92 Å². The lowest BCUT2D eigenvalue weighted by atomic mass is 9.90. The first-order valence-electron chi connectivity index (χ1n) is 6.59. The summed E-state index contributed by atoms with van der Waals surface area (Å²) in [6.07, 6.45) is 0.358. The lowest BCUT2D eigenvalue weighted by Crippen LogP contribution is -2.52. The fourth-order valence-electron chi connectivity index (χ4n) is 2.06. The maximum atomic E-state index is 11.5. The molecule has 1 aromatic rings. The number of non-ortho nitro benzene ring substituents is 1. The first kappa shape index (κ1) is 14.5. The first-order valence-corrected chi connectivity index (χ1v) is 6.59. The largest absolute Gasteiger partial charge is 0.486 e. The van der Waals surface area contributed by atoms with Gasteiger partial charge in [-0.25, -0.2) is 0 Å². The van der Waals surface area contributed by atoms with Crippen LogP contribution in [-0.4, -0.2) is 29.5 Å². The van der Waals surface area contributed by atoms with Gasteiger partial charge in [-0.05, 0) is 25.0 Å². The van der Waals surface area contributed by atoms with Gasteiger partial charge in [-0.15, -0.1) is 0 Å². The summed E-state index contributed by atoms with van der Waals surface area (Å²) < 4.78 is 11.2. The predicted molar refractivity (Wildman–Crippen MR) is 71.9 cm³/mol. The molecule has 0 N–H and O–H groups in total. The molecule has 0 bridgehead atoms. The van der Waals surface area contributed by atoms with Crippen LogP contribution >= 0.6 is 0 Å². The molecule has 0 aliphatic heterocycles. The van der Waals surface area contributed by atoms with Crippen molar-refractivity contribution in [3.63, 3.8) is 0 Å². The third-order valence-electron chi connectivity index (χ3n) is 3.21. The molecule has 0 heterocycles. The van der Waals surface area contributed by atoms with Gasteiger partial charge in [-0.3, -0.25) is 14.9 Å². The Morgan fingerprint density at radius 1 is 1.45 bits per heavy atom. The van der Waals surface area contributed by atoms with Crippen molar-refractivity contribution < 1.29 is 19.2 Å². The molecule has 2 atom stereocenters. The maximum absolute atomic E-state index is 11.5. The highest BCUT2D eigenvalue weighted by Crippen LogP contribution is 2.29. The van der Waals surface area contributed by atoms with E-state index in [0.29, 0.717) is 24.3 Å². The number of hydrogen-bond acceptors (Lipinski definition) is 5. The number of Topliss-reactive ketones (excluding diaryl/α,β-unsaturated/α-hetero) is 1. The van der Waals surface area contributed by atoms with E-state index >= 15 is 0 Å². The van der Waals surface area contributed by atoms with Gasteiger partial charge in [0.2, 0.25) is 0 Å². The van der Waals surface area contributed by atoms with Crippen LogP contribution in [0.3, 0.4) is 0 Å². The average Bonchev–Trinajstić information content (AvgIpc) is 2.40. The lowest BCUT2D eigenvalue weighted by Gasteiger charge is -2.35. The number of rotatable bonds is 6. The molecule has 1 aliphatic carbocycles. The standard InChI is InChI=1S/C14H17NO5/c1-3-6-19-14-11(16)8-13(14)20-12-5-4-10(15(17)18)7-9(12)2/h4-5,7,13-14H,3,6,8H2,1-2H3. The van der Waals surface area contributed by atoms with Gasteiger partial charge in [0, 0.05) is 25.2 Å². The Labute approximate surface area is 116 Å². The van der Waals surface area contributed by atoms with Gasteiger partial charge in [0.25, 0.3) is 5.69 Å². The number of nitro benzene ring substituents is 1. The summed E-state index contributed by atoms with van der Waals surface area (Å²) in [6.45, 7) is 4.24. The topological polar surface area (TPSA) is 78.7 Å². The quantitative estimate of drug-likeness (QED) is 0.590. The Balaban J connectivity index is 2.03. The zero-order chi connectivity index (χ0) is 14.7. The van der Waals surface area contributed by atoms with Crippen molar-refractivity contribution in [2.45, 2.75) is 38.9 Å². The zero-order valence-electron chi connectivity index (χ0n) is 11.5. The van der Waals surface area contributed by atoms with Crippen molar-refractivity contribution >= 4 is 11.5 Å². The number of hydrogen-bond donors (Lipinski definition) is 0. The van der Waals surface area contributed by atoms with Gasteiger partial charge in [-0.1, -0.05) is 6.92 Å². The Morgan fingerprint density at radius 2 is 2.20 bits per heavy atom. The SMILES string of the molecule is CCCOC1C(=O)CC1Oc1ccc([N+](=O)[O-])cc1C. The molecule has 1 fully saturated rings. The van der Waals surface area contributed by atoms with E-state index in [1.54, 1.807) is 13.0 Å². The van der Waals surface area contributed by atoms with Crippen LogP contribution in [0.2, 0.25) is 0 Å². The predicted octanol–water partition coefficient (Wildman–Crippen LogP) is 2.42. The smallest absolute Gasteiger partial charge is 0.269 e. The van der Waals surface area contributed by atoms with Crippen LogP contribution in [0.4, 0.5) is 5.69 Å². The molecule has 1 saturated carbocycles. The molecule has 0 amide bonds. The second kappa shape index (κ2) is 6.00. The summed E-state index contributed by atoms with van der Waals surface area (Å²) in [5, 5.41) is 10.7. The second-order valence-electron chi connectivity index (χ2n) is 4.83. The molecule has 2 rings (SSSR count). The van der Waals surface area contributed by atoms with Gasteiger partial charge in [-0.2, -0.15) is 0 Å². The fourth-order valence-corrected chi connectivity index (χ4v) is 2.06. The van der Waals surface area contributed by atoms with Crippen LogP contribution in [-0.2, 0) is 9.53 Å². The first-order chi connectivity index (χ1) is 9.52. The molecule has 108 valence electrons. The van der Waals surface area contributed by atoms with Gasteiger partial charge in [0.1, 0.15) is 11.9 Å². The summed E-state index contributed by atoms with van der Waals surface area (Å²) in [4.78, 5) is 21.7. The zero-order valence-corrected chi connectivity index (χ0v) is 11.5. The minimum Gasteiger partial charge on any atom is -0.486 e. The number of aryl methyl sites for hydroxylation is 1. The molecule has 6 heteroatoms. The van der Waals surface area contributed by atoms with Crippen molar-refractivity contribution in [2.24, 2.45) is 0 Å². The van der Waals surface area contributed by atoms with Crippen LogP contribution in [0, 0.1) is 17.0 Å². The van der Waals surface area contributed by atoms with Crippen molar-refractivity contribution in [1.82, 2.24) is 0 Å². The summed E-state index contributed by atoms with van der Waals surface area (Å²) in [6, 6.07) is 4.41. The molecule has 0 saturated heterocycles. The maximum Gasteiger partial charge on any atom is 0.269 e. The van der Waals surface area contributed by atoms with E-state index in [-0.39, 0.29) is 17.6 Å².